The van der Waals surface area contributed by atoms with Gasteiger partial charge in [-0.25, -0.2) is 0 Å². The maximum atomic E-state index is 6.25. The first kappa shape index (κ1) is 36.2. The van der Waals surface area contributed by atoms with Crippen molar-refractivity contribution in [1.29, 1.82) is 0 Å². The molecule has 0 aromatic carbocycles. The summed E-state index contributed by atoms with van der Waals surface area (Å²) in [6.07, 6.45) is 16.5. The summed E-state index contributed by atoms with van der Waals surface area (Å²) < 4.78 is 21.9. The highest BCUT2D eigenvalue weighted by Gasteiger charge is 2.29. The first-order chi connectivity index (χ1) is 19.1. The molecular formula is C31H63ClN4O4. The summed E-state index contributed by atoms with van der Waals surface area (Å²) in [5.74, 6) is 1.53. The van der Waals surface area contributed by atoms with Gasteiger partial charge in [-0.15, -0.1) is 12.4 Å². The van der Waals surface area contributed by atoms with Crippen molar-refractivity contribution in [2.75, 3.05) is 87.0 Å². The molecule has 0 aromatic heterocycles. The number of halogens is 1. The second kappa shape index (κ2) is 21.6. The molecule has 2 saturated carbocycles. The van der Waals surface area contributed by atoms with Crippen LogP contribution in [0, 0.1) is 11.8 Å². The smallest absolute Gasteiger partial charge is 0.0704 e. The summed E-state index contributed by atoms with van der Waals surface area (Å²) in [6, 6.07) is 1.14. The molecule has 2 aliphatic heterocycles. The van der Waals surface area contributed by atoms with Gasteiger partial charge in [0.05, 0.1) is 38.6 Å². The summed E-state index contributed by atoms with van der Waals surface area (Å²) in [6.45, 7) is 9.93. The number of hydrogen-bond donors (Lipinski definition) is 2. The van der Waals surface area contributed by atoms with Gasteiger partial charge >= 0.3 is 0 Å². The molecule has 2 heterocycles. The summed E-state index contributed by atoms with van der Waals surface area (Å²) in [5.41, 5.74) is 6.25. The molecule has 2 saturated heterocycles. The van der Waals surface area contributed by atoms with Crippen LogP contribution in [0.1, 0.15) is 77.0 Å². The van der Waals surface area contributed by atoms with E-state index in [9.17, 15) is 0 Å². The number of nitrogens with two attached hydrogens (primary N) is 1. The number of nitrogens with one attached hydrogen (secondary N) is 1. The van der Waals surface area contributed by atoms with Gasteiger partial charge < -0.3 is 39.8 Å². The standard InChI is InChI=1S/C16H32N2O2.C15H30N2O2.ClH/c1-17-16-8-4-3-6-14(16)12-18-9-5-7-15(13-18)20-11-10-19-2;1-18-9-10-19-14-6-4-8-17(12-14)11-13-5-2-3-7-15(13)16;/h14-17H,3-13H2,1-2H3;13-15H,2-12,16H2,1H3;1H/t14?,15-,16?;13?,14-,15?;/m11./s1. The van der Waals surface area contributed by atoms with Crippen LogP contribution < -0.4 is 11.1 Å². The zero-order chi connectivity index (χ0) is 27.7. The van der Waals surface area contributed by atoms with E-state index in [0.717, 1.165) is 38.3 Å². The molecule has 0 aromatic rings. The lowest BCUT2D eigenvalue weighted by Crippen LogP contribution is -2.47. The molecular weight excluding hydrogens is 528 g/mol. The number of likely N-dealkylation sites (tertiary alicyclic amines) is 2. The number of nitrogens with zero attached hydrogens (tertiary/aromatic N) is 2. The predicted molar refractivity (Wildman–Crippen MR) is 167 cm³/mol. The Morgan fingerprint density at radius 3 is 1.68 bits per heavy atom. The molecule has 4 fully saturated rings. The van der Waals surface area contributed by atoms with Crippen molar-refractivity contribution in [2.45, 2.75) is 101 Å². The van der Waals surface area contributed by atoms with Crippen LogP contribution in [0.15, 0.2) is 0 Å². The Balaban J connectivity index is 0.000000274. The van der Waals surface area contributed by atoms with Crippen LogP contribution in [0.25, 0.3) is 0 Å². The lowest BCUT2D eigenvalue weighted by molar-refractivity contribution is -0.0253. The molecule has 3 N–H and O–H groups in total. The zero-order valence-corrected chi connectivity index (χ0v) is 26.8. The third-order valence-electron chi connectivity index (χ3n) is 9.44. The minimum Gasteiger partial charge on any atom is -0.382 e. The minimum atomic E-state index is 0. The van der Waals surface area contributed by atoms with Crippen molar-refractivity contribution in [3.05, 3.63) is 0 Å². The van der Waals surface area contributed by atoms with Gasteiger partial charge in [0.1, 0.15) is 0 Å². The molecule has 4 unspecified atom stereocenters. The fraction of sp³-hybridized carbons (Fsp3) is 1.00. The number of rotatable bonds is 13. The molecule has 9 heteroatoms. The molecule has 0 radical (unpaired) electrons. The molecule has 0 bridgehead atoms. The molecule has 0 spiro atoms. The predicted octanol–water partition coefficient (Wildman–Crippen LogP) is 3.95. The van der Waals surface area contributed by atoms with Crippen molar-refractivity contribution < 1.29 is 18.9 Å². The van der Waals surface area contributed by atoms with E-state index in [1.54, 1.807) is 14.2 Å². The van der Waals surface area contributed by atoms with E-state index < -0.39 is 0 Å². The summed E-state index contributed by atoms with van der Waals surface area (Å²) in [7, 11) is 5.58. The van der Waals surface area contributed by atoms with Gasteiger partial charge in [-0.2, -0.15) is 0 Å². The fourth-order valence-corrected chi connectivity index (χ4v) is 7.16. The second-order valence-corrected chi connectivity index (χ2v) is 12.4. The third-order valence-corrected chi connectivity index (χ3v) is 9.44. The Morgan fingerprint density at radius 2 is 1.15 bits per heavy atom. The second-order valence-electron chi connectivity index (χ2n) is 12.4. The van der Waals surface area contributed by atoms with E-state index in [1.165, 1.54) is 103 Å². The van der Waals surface area contributed by atoms with Gasteiger partial charge in [0, 0.05) is 52.5 Å². The Hall–Kier alpha value is -0.0300. The number of methoxy groups -OCH3 is 2. The number of hydrogen-bond acceptors (Lipinski definition) is 8. The van der Waals surface area contributed by atoms with E-state index >= 15 is 0 Å². The van der Waals surface area contributed by atoms with Gasteiger partial charge in [-0.1, -0.05) is 25.7 Å². The average Bonchev–Trinajstić information content (AvgIpc) is 2.96. The molecule has 238 valence electrons. The van der Waals surface area contributed by atoms with E-state index in [0.29, 0.717) is 37.4 Å². The molecule has 8 nitrogen and oxygen atoms in total. The number of ether oxygens (including phenoxy) is 4. The van der Waals surface area contributed by atoms with Crippen molar-refractivity contribution in [3.8, 4) is 0 Å². The molecule has 0 amide bonds. The molecule has 6 atom stereocenters. The molecule has 4 aliphatic rings. The summed E-state index contributed by atoms with van der Waals surface area (Å²) >= 11 is 0. The highest BCUT2D eigenvalue weighted by atomic mass is 35.5. The topological polar surface area (TPSA) is 81.5 Å². The van der Waals surface area contributed by atoms with Crippen LogP contribution >= 0.6 is 12.4 Å². The first-order valence-corrected chi connectivity index (χ1v) is 16.2. The normalized spacial score (nSPS) is 32.1. The van der Waals surface area contributed by atoms with Gasteiger partial charge in [-0.3, -0.25) is 0 Å². The lowest BCUT2D eigenvalue weighted by atomic mass is 9.84. The Labute approximate surface area is 252 Å². The van der Waals surface area contributed by atoms with E-state index in [4.69, 9.17) is 24.7 Å². The maximum absolute atomic E-state index is 6.25. The Kier molecular flexibility index (Phi) is 19.6. The van der Waals surface area contributed by atoms with Crippen LogP contribution in [0.2, 0.25) is 0 Å². The lowest BCUT2D eigenvalue weighted by Gasteiger charge is -2.39. The zero-order valence-electron chi connectivity index (χ0n) is 26.0. The van der Waals surface area contributed by atoms with Crippen LogP contribution in [-0.2, 0) is 18.9 Å². The van der Waals surface area contributed by atoms with Crippen molar-refractivity contribution >= 4 is 12.4 Å². The largest absolute Gasteiger partial charge is 0.382 e. The highest BCUT2D eigenvalue weighted by molar-refractivity contribution is 5.85. The minimum absolute atomic E-state index is 0. The van der Waals surface area contributed by atoms with Crippen LogP contribution in [0.5, 0.6) is 0 Å². The molecule has 40 heavy (non-hydrogen) atoms. The monoisotopic (exact) mass is 590 g/mol. The van der Waals surface area contributed by atoms with E-state index in [1.807, 2.05) is 0 Å². The Morgan fingerprint density at radius 1 is 0.650 bits per heavy atom. The third kappa shape index (κ3) is 13.5. The molecule has 4 rings (SSSR count). The van der Waals surface area contributed by atoms with Crippen LogP contribution in [-0.4, -0.2) is 121 Å². The van der Waals surface area contributed by atoms with Crippen LogP contribution in [0.3, 0.4) is 0 Å². The number of piperidine rings is 2. The SMILES string of the molecule is CNC1CCCCC1CN1CCC[C@@H](OCCOC)C1.COCCO[C@@H]1CCCN(CC2CCCCC2N)C1.Cl. The highest BCUT2D eigenvalue weighted by Crippen LogP contribution is 2.27. The van der Waals surface area contributed by atoms with E-state index in [-0.39, 0.29) is 12.4 Å². The first-order valence-electron chi connectivity index (χ1n) is 16.2. The Bertz CT molecular complexity index is 622. The summed E-state index contributed by atoms with van der Waals surface area (Å²) in [4.78, 5) is 5.19. The quantitative estimate of drug-likeness (QED) is 0.312. The van der Waals surface area contributed by atoms with Gasteiger partial charge in [0.2, 0.25) is 0 Å². The maximum Gasteiger partial charge on any atom is 0.0704 e. The van der Waals surface area contributed by atoms with Crippen molar-refractivity contribution in [2.24, 2.45) is 17.6 Å². The van der Waals surface area contributed by atoms with Crippen LogP contribution in [0.4, 0.5) is 0 Å². The van der Waals surface area contributed by atoms with Crippen molar-refractivity contribution in [3.63, 3.8) is 0 Å². The molecule has 2 aliphatic carbocycles. The average molecular weight is 591 g/mol. The van der Waals surface area contributed by atoms with Gasteiger partial charge in [0.25, 0.3) is 0 Å². The summed E-state index contributed by atoms with van der Waals surface area (Å²) in [5, 5.41) is 3.52. The van der Waals surface area contributed by atoms with Gasteiger partial charge in [0.15, 0.2) is 0 Å². The van der Waals surface area contributed by atoms with Crippen molar-refractivity contribution in [1.82, 2.24) is 15.1 Å². The van der Waals surface area contributed by atoms with E-state index in [2.05, 4.69) is 22.2 Å². The van der Waals surface area contributed by atoms with Gasteiger partial charge in [-0.05, 0) is 83.3 Å². The fourth-order valence-electron chi connectivity index (χ4n) is 7.16.